The lowest BCUT2D eigenvalue weighted by Crippen LogP contribution is -1.93. The first-order chi connectivity index (χ1) is 8.04. The van der Waals surface area contributed by atoms with E-state index in [0.717, 1.165) is 12.1 Å². The monoisotopic (exact) mass is 258 g/mol. The van der Waals surface area contributed by atoms with E-state index in [1.807, 2.05) is 6.92 Å². The Labute approximate surface area is 101 Å². The van der Waals surface area contributed by atoms with Crippen LogP contribution in [0, 0.1) is 11.6 Å². The Bertz CT molecular complexity index is 569. The van der Waals surface area contributed by atoms with Gasteiger partial charge in [0, 0.05) is 11.1 Å². The van der Waals surface area contributed by atoms with E-state index in [-0.39, 0.29) is 22.2 Å². The first-order valence-corrected chi connectivity index (χ1v) is 5.31. The molecule has 17 heavy (non-hydrogen) atoms. The molecule has 0 aliphatic carbocycles. The number of benzene rings is 1. The highest BCUT2D eigenvalue weighted by molar-refractivity contribution is 6.30. The molecule has 0 bridgehead atoms. The van der Waals surface area contributed by atoms with E-state index in [4.69, 9.17) is 21.9 Å². The molecule has 1 heterocycles. The van der Waals surface area contributed by atoms with Gasteiger partial charge in [0.1, 0.15) is 17.3 Å². The molecule has 90 valence electrons. The first kappa shape index (κ1) is 11.9. The number of nitrogens with two attached hydrogens (primary N) is 1. The van der Waals surface area contributed by atoms with E-state index in [1.165, 1.54) is 0 Å². The van der Waals surface area contributed by atoms with Gasteiger partial charge in [0.25, 0.3) is 0 Å². The topological polar surface area (TPSA) is 52.0 Å². The van der Waals surface area contributed by atoms with Gasteiger partial charge in [-0.15, -0.1) is 0 Å². The van der Waals surface area contributed by atoms with Crippen LogP contribution in [0.15, 0.2) is 16.7 Å². The van der Waals surface area contributed by atoms with Gasteiger partial charge >= 0.3 is 0 Å². The Hall–Kier alpha value is -1.62. The number of hydrogen-bond donors (Lipinski definition) is 1. The lowest BCUT2D eigenvalue weighted by Gasteiger charge is -2.03. The summed E-state index contributed by atoms with van der Waals surface area (Å²) in [7, 11) is 0. The Balaban J connectivity index is 2.64. The molecule has 0 atom stereocenters. The number of hydrogen-bond acceptors (Lipinski definition) is 3. The maximum Gasteiger partial charge on any atom is 0.225 e. The summed E-state index contributed by atoms with van der Waals surface area (Å²) in [4.78, 5) is 0. The molecule has 2 N–H and O–H groups in total. The summed E-state index contributed by atoms with van der Waals surface area (Å²) < 4.78 is 31.7. The minimum atomic E-state index is -0.716. The average molecular weight is 259 g/mol. The van der Waals surface area contributed by atoms with Crippen molar-refractivity contribution in [3.63, 3.8) is 0 Å². The number of rotatable bonds is 2. The van der Waals surface area contributed by atoms with Gasteiger partial charge in [-0.25, -0.2) is 8.78 Å². The number of aromatic nitrogens is 1. The number of anilines is 1. The van der Waals surface area contributed by atoms with Crippen molar-refractivity contribution >= 4 is 17.5 Å². The zero-order valence-electron chi connectivity index (χ0n) is 8.93. The first-order valence-electron chi connectivity index (χ1n) is 4.93. The molecule has 2 rings (SSSR count). The molecule has 0 amide bonds. The Morgan fingerprint density at radius 2 is 2.06 bits per heavy atom. The third-order valence-electron chi connectivity index (χ3n) is 2.44. The molecule has 0 aliphatic rings. The molecule has 0 radical (unpaired) electrons. The summed E-state index contributed by atoms with van der Waals surface area (Å²) >= 11 is 5.47. The van der Waals surface area contributed by atoms with Gasteiger partial charge in [0.2, 0.25) is 5.88 Å². The predicted octanol–water partition coefficient (Wildman–Crippen LogP) is 3.42. The summed E-state index contributed by atoms with van der Waals surface area (Å²) in [6.45, 7) is 1.82. The minimum Gasteiger partial charge on any atom is -0.367 e. The smallest absolute Gasteiger partial charge is 0.225 e. The van der Waals surface area contributed by atoms with Crippen LogP contribution in [0.4, 0.5) is 14.7 Å². The van der Waals surface area contributed by atoms with Gasteiger partial charge < -0.3 is 10.3 Å². The molecule has 0 fully saturated rings. The second-order valence-corrected chi connectivity index (χ2v) is 3.88. The second kappa shape index (κ2) is 4.33. The zero-order chi connectivity index (χ0) is 12.6. The van der Waals surface area contributed by atoms with E-state index in [0.29, 0.717) is 12.0 Å². The van der Waals surface area contributed by atoms with Crippen molar-refractivity contribution < 1.29 is 13.3 Å². The van der Waals surface area contributed by atoms with Crippen molar-refractivity contribution in [3.8, 4) is 11.3 Å². The van der Waals surface area contributed by atoms with Crippen LogP contribution in [0.25, 0.3) is 11.3 Å². The molecular formula is C11H9ClF2N2O. The van der Waals surface area contributed by atoms with Gasteiger partial charge in [0.15, 0.2) is 0 Å². The summed E-state index contributed by atoms with van der Waals surface area (Å²) in [5, 5.41) is 3.36. The van der Waals surface area contributed by atoms with Gasteiger partial charge in [-0.1, -0.05) is 23.7 Å². The largest absolute Gasteiger partial charge is 0.367 e. The van der Waals surface area contributed by atoms with E-state index in [2.05, 4.69) is 5.16 Å². The highest BCUT2D eigenvalue weighted by Crippen LogP contribution is 2.31. The summed E-state index contributed by atoms with van der Waals surface area (Å²) in [6.07, 6.45) is 0.508. The van der Waals surface area contributed by atoms with Gasteiger partial charge in [-0.2, -0.15) is 0 Å². The fourth-order valence-corrected chi connectivity index (χ4v) is 1.73. The average Bonchev–Trinajstić information content (AvgIpc) is 2.64. The van der Waals surface area contributed by atoms with Crippen LogP contribution in [0.2, 0.25) is 5.02 Å². The van der Waals surface area contributed by atoms with Gasteiger partial charge in [-0.3, -0.25) is 0 Å². The lowest BCUT2D eigenvalue weighted by atomic mass is 10.1. The van der Waals surface area contributed by atoms with Crippen LogP contribution < -0.4 is 5.73 Å². The van der Waals surface area contributed by atoms with Crippen molar-refractivity contribution in [1.82, 2.24) is 5.16 Å². The van der Waals surface area contributed by atoms with E-state index in [9.17, 15) is 8.78 Å². The van der Waals surface area contributed by atoms with Crippen LogP contribution in [-0.2, 0) is 6.42 Å². The third kappa shape index (κ3) is 1.98. The van der Waals surface area contributed by atoms with Crippen LogP contribution in [-0.4, -0.2) is 5.16 Å². The fourth-order valence-electron chi connectivity index (χ4n) is 1.58. The Morgan fingerprint density at radius 3 is 2.71 bits per heavy atom. The van der Waals surface area contributed by atoms with Crippen LogP contribution in [0.1, 0.15) is 12.5 Å². The quantitative estimate of drug-likeness (QED) is 0.840. The van der Waals surface area contributed by atoms with Crippen molar-refractivity contribution in [2.45, 2.75) is 13.3 Å². The molecule has 0 spiro atoms. The molecule has 0 aliphatic heterocycles. The highest BCUT2D eigenvalue weighted by atomic mass is 35.5. The zero-order valence-corrected chi connectivity index (χ0v) is 9.68. The van der Waals surface area contributed by atoms with Crippen LogP contribution >= 0.6 is 11.6 Å². The standard InChI is InChI=1S/C11H9ClF2N2O/c1-2-5-10(16-17-11(5)15)6-3-9(14)7(12)4-8(6)13/h3-4H,2,15H2,1H3. The molecule has 6 heteroatoms. The molecule has 0 unspecified atom stereocenters. The lowest BCUT2D eigenvalue weighted by molar-refractivity contribution is 0.438. The van der Waals surface area contributed by atoms with Crippen LogP contribution in [0.3, 0.4) is 0 Å². The molecule has 2 aromatic rings. The number of halogens is 3. The third-order valence-corrected chi connectivity index (χ3v) is 2.73. The Morgan fingerprint density at radius 1 is 1.35 bits per heavy atom. The predicted molar refractivity (Wildman–Crippen MR) is 60.7 cm³/mol. The normalized spacial score (nSPS) is 10.8. The van der Waals surface area contributed by atoms with E-state index in [1.54, 1.807) is 0 Å². The van der Waals surface area contributed by atoms with Crippen molar-refractivity contribution in [3.05, 3.63) is 34.4 Å². The molecule has 0 saturated carbocycles. The summed E-state index contributed by atoms with van der Waals surface area (Å²) in [5.41, 5.74) is 6.28. The maximum absolute atomic E-state index is 13.7. The van der Waals surface area contributed by atoms with Crippen LogP contribution in [0.5, 0.6) is 0 Å². The molecular weight excluding hydrogens is 250 g/mol. The van der Waals surface area contributed by atoms with Crippen molar-refractivity contribution in [2.75, 3.05) is 5.73 Å². The molecule has 3 nitrogen and oxygen atoms in total. The van der Waals surface area contributed by atoms with E-state index < -0.39 is 11.6 Å². The molecule has 0 saturated heterocycles. The summed E-state index contributed by atoms with van der Waals surface area (Å²) in [6, 6.07) is 1.88. The molecule has 1 aromatic carbocycles. The van der Waals surface area contributed by atoms with Gasteiger partial charge in [-0.05, 0) is 18.6 Å². The number of nitrogen functional groups attached to an aromatic ring is 1. The SMILES string of the molecule is CCc1c(-c2cc(F)c(Cl)cc2F)noc1N. The molecule has 1 aromatic heterocycles. The van der Waals surface area contributed by atoms with Crippen molar-refractivity contribution in [2.24, 2.45) is 0 Å². The minimum absolute atomic E-state index is 0.01000. The fraction of sp³-hybridized carbons (Fsp3) is 0.182. The maximum atomic E-state index is 13.7. The second-order valence-electron chi connectivity index (χ2n) is 3.47. The van der Waals surface area contributed by atoms with Gasteiger partial charge in [0.05, 0.1) is 5.02 Å². The number of nitrogens with zero attached hydrogens (tertiary/aromatic N) is 1. The highest BCUT2D eigenvalue weighted by Gasteiger charge is 2.19. The summed E-state index contributed by atoms with van der Waals surface area (Å²) in [5.74, 6) is -1.27. The van der Waals surface area contributed by atoms with Crippen molar-refractivity contribution in [1.29, 1.82) is 0 Å². The Kier molecular flexibility index (Phi) is 3.02. The van der Waals surface area contributed by atoms with E-state index >= 15 is 0 Å².